The molecule has 1 aromatic heterocycles. The Balaban J connectivity index is 1.65. The van der Waals surface area contributed by atoms with Gasteiger partial charge in [-0.05, 0) is 49.5 Å². The van der Waals surface area contributed by atoms with Crippen LogP contribution >= 0.6 is 11.3 Å². The van der Waals surface area contributed by atoms with Crippen LogP contribution in [0.15, 0.2) is 17.5 Å². The van der Waals surface area contributed by atoms with E-state index in [4.69, 9.17) is 0 Å². The lowest BCUT2D eigenvalue weighted by atomic mass is 9.79. The minimum atomic E-state index is -2.99. The minimum absolute atomic E-state index is 0.0798. The Morgan fingerprint density at radius 2 is 2.00 bits per heavy atom. The average molecular weight is 398 g/mol. The van der Waals surface area contributed by atoms with Gasteiger partial charge in [-0.2, -0.15) is 0 Å². The highest BCUT2D eigenvalue weighted by Gasteiger charge is 2.38. The van der Waals surface area contributed by atoms with Gasteiger partial charge in [0.2, 0.25) is 5.91 Å². The summed E-state index contributed by atoms with van der Waals surface area (Å²) in [6.45, 7) is 2.79. The van der Waals surface area contributed by atoms with Gasteiger partial charge in [0.1, 0.15) is 0 Å². The molecule has 26 heavy (non-hydrogen) atoms. The van der Waals surface area contributed by atoms with Gasteiger partial charge in [0.25, 0.3) is 0 Å². The molecule has 0 spiro atoms. The van der Waals surface area contributed by atoms with Crippen LogP contribution in [0.5, 0.6) is 0 Å². The molecule has 1 aliphatic heterocycles. The quantitative estimate of drug-likeness (QED) is 0.691. The number of thiophene rings is 1. The maximum Gasteiger partial charge on any atom is 0.226 e. The van der Waals surface area contributed by atoms with Gasteiger partial charge in [-0.15, -0.1) is 11.3 Å². The van der Waals surface area contributed by atoms with E-state index in [0.717, 1.165) is 36.5 Å². The van der Waals surface area contributed by atoms with Gasteiger partial charge in [-0.1, -0.05) is 32.3 Å². The summed E-state index contributed by atoms with van der Waals surface area (Å²) in [5, 5.41) is 2.02. The predicted molar refractivity (Wildman–Crippen MR) is 107 cm³/mol. The van der Waals surface area contributed by atoms with Crippen molar-refractivity contribution in [3.05, 3.63) is 22.4 Å². The molecule has 146 valence electrons. The number of rotatable bonds is 7. The lowest BCUT2D eigenvalue weighted by Gasteiger charge is -2.35. The molecule has 4 nitrogen and oxygen atoms in total. The SMILES string of the molecule is CCCCC1CCC(C(=O)N(Cc2cccs2)[C@H]2CCS(=O)(=O)C2)CC1. The molecular weight excluding hydrogens is 366 g/mol. The van der Waals surface area contributed by atoms with Crippen molar-refractivity contribution in [1.82, 2.24) is 4.90 Å². The number of hydrogen-bond donors (Lipinski definition) is 0. The predicted octanol–water partition coefficient (Wildman–Crippen LogP) is 4.26. The lowest BCUT2D eigenvalue weighted by molar-refractivity contribution is -0.139. The van der Waals surface area contributed by atoms with E-state index in [1.807, 2.05) is 22.4 Å². The Bertz CT molecular complexity index is 676. The largest absolute Gasteiger partial charge is 0.333 e. The summed E-state index contributed by atoms with van der Waals surface area (Å²) in [7, 11) is -2.99. The molecule has 1 atom stereocenters. The molecule has 1 saturated heterocycles. The topological polar surface area (TPSA) is 54.5 Å². The molecule has 2 fully saturated rings. The molecule has 1 aromatic rings. The van der Waals surface area contributed by atoms with Crippen LogP contribution in [-0.2, 0) is 21.2 Å². The maximum atomic E-state index is 13.3. The van der Waals surface area contributed by atoms with Crippen molar-refractivity contribution in [1.29, 1.82) is 0 Å². The summed E-state index contributed by atoms with van der Waals surface area (Å²) in [5.41, 5.74) is 0. The van der Waals surface area contributed by atoms with Crippen LogP contribution < -0.4 is 0 Å². The molecule has 0 aromatic carbocycles. The number of sulfone groups is 1. The number of amides is 1. The molecule has 1 saturated carbocycles. The van der Waals surface area contributed by atoms with Crippen LogP contribution in [0.3, 0.4) is 0 Å². The van der Waals surface area contributed by atoms with Crippen LogP contribution in [0.2, 0.25) is 0 Å². The zero-order valence-corrected chi connectivity index (χ0v) is 17.4. The van der Waals surface area contributed by atoms with Gasteiger partial charge < -0.3 is 4.90 Å². The van der Waals surface area contributed by atoms with Crippen molar-refractivity contribution < 1.29 is 13.2 Å². The Kier molecular flexibility index (Phi) is 6.78. The Morgan fingerprint density at radius 3 is 2.58 bits per heavy atom. The monoisotopic (exact) mass is 397 g/mol. The molecular formula is C20H31NO3S2. The van der Waals surface area contributed by atoms with Crippen molar-refractivity contribution in [2.75, 3.05) is 11.5 Å². The summed E-state index contributed by atoms with van der Waals surface area (Å²) in [4.78, 5) is 16.3. The third kappa shape index (κ3) is 5.10. The van der Waals surface area contributed by atoms with E-state index in [0.29, 0.717) is 13.0 Å². The average Bonchev–Trinajstić information content (AvgIpc) is 3.27. The fraction of sp³-hybridized carbons (Fsp3) is 0.750. The molecule has 0 radical (unpaired) electrons. The first-order chi connectivity index (χ1) is 12.5. The first-order valence-electron chi connectivity index (χ1n) is 10.0. The molecule has 2 aliphatic rings. The molecule has 0 bridgehead atoms. The number of carbonyl (C=O) groups is 1. The van der Waals surface area contributed by atoms with Crippen LogP contribution in [0, 0.1) is 11.8 Å². The maximum absolute atomic E-state index is 13.3. The Morgan fingerprint density at radius 1 is 1.23 bits per heavy atom. The zero-order chi connectivity index (χ0) is 18.6. The van der Waals surface area contributed by atoms with Gasteiger partial charge in [0.05, 0.1) is 18.1 Å². The summed E-state index contributed by atoms with van der Waals surface area (Å²) in [5.74, 6) is 1.40. The van der Waals surface area contributed by atoms with Crippen LogP contribution in [0.1, 0.15) is 63.2 Å². The number of carbonyl (C=O) groups excluding carboxylic acids is 1. The van der Waals surface area contributed by atoms with Crippen LogP contribution in [-0.4, -0.2) is 36.8 Å². The summed E-state index contributed by atoms with van der Waals surface area (Å²) >= 11 is 1.64. The summed E-state index contributed by atoms with van der Waals surface area (Å²) in [6.07, 6.45) is 8.62. The Hall–Kier alpha value is -0.880. The smallest absolute Gasteiger partial charge is 0.226 e. The van der Waals surface area contributed by atoms with E-state index in [1.165, 1.54) is 19.3 Å². The standard InChI is InChI=1S/C20H31NO3S2/c1-2-3-5-16-7-9-17(10-8-16)20(22)21(14-19-6-4-12-25-19)18-11-13-26(23,24)15-18/h4,6,12,16-18H,2-3,5,7-11,13-15H2,1H3/t16?,17?,18-/m0/s1. The van der Waals surface area contributed by atoms with Gasteiger partial charge >= 0.3 is 0 Å². The minimum Gasteiger partial charge on any atom is -0.333 e. The van der Waals surface area contributed by atoms with Crippen LogP contribution in [0.25, 0.3) is 0 Å². The normalized spacial score (nSPS) is 28.1. The highest BCUT2D eigenvalue weighted by atomic mass is 32.2. The van der Waals surface area contributed by atoms with Crippen molar-refractivity contribution in [2.45, 2.75) is 70.9 Å². The summed E-state index contributed by atoms with van der Waals surface area (Å²) < 4.78 is 23.9. The second-order valence-corrected chi connectivity index (χ2v) is 11.2. The molecule has 1 amide bonds. The van der Waals surface area contributed by atoms with E-state index in [9.17, 15) is 13.2 Å². The molecule has 0 N–H and O–H groups in total. The lowest BCUT2D eigenvalue weighted by Crippen LogP contribution is -2.44. The number of unbranched alkanes of at least 4 members (excludes halogenated alkanes) is 1. The van der Waals surface area contributed by atoms with Crippen molar-refractivity contribution in [3.8, 4) is 0 Å². The van der Waals surface area contributed by atoms with Crippen molar-refractivity contribution in [3.63, 3.8) is 0 Å². The van der Waals surface area contributed by atoms with E-state index in [-0.39, 0.29) is 29.4 Å². The first kappa shape index (κ1) is 19.9. The summed E-state index contributed by atoms with van der Waals surface area (Å²) in [6, 6.07) is 3.88. The van der Waals surface area contributed by atoms with E-state index in [2.05, 4.69) is 6.92 Å². The van der Waals surface area contributed by atoms with Crippen molar-refractivity contribution in [2.24, 2.45) is 11.8 Å². The van der Waals surface area contributed by atoms with Gasteiger partial charge in [0, 0.05) is 16.8 Å². The van der Waals surface area contributed by atoms with E-state index >= 15 is 0 Å². The van der Waals surface area contributed by atoms with Crippen molar-refractivity contribution >= 4 is 27.1 Å². The van der Waals surface area contributed by atoms with Gasteiger partial charge in [0.15, 0.2) is 9.84 Å². The first-order valence-corrected chi connectivity index (χ1v) is 12.7. The number of hydrogen-bond acceptors (Lipinski definition) is 4. The van der Waals surface area contributed by atoms with Gasteiger partial charge in [-0.25, -0.2) is 8.42 Å². The Labute approximate surface area is 161 Å². The highest BCUT2D eigenvalue weighted by Crippen LogP contribution is 2.34. The fourth-order valence-corrected chi connectivity index (χ4v) is 6.84. The molecule has 0 unspecified atom stereocenters. The van der Waals surface area contributed by atoms with Crippen LogP contribution in [0.4, 0.5) is 0 Å². The van der Waals surface area contributed by atoms with E-state index < -0.39 is 9.84 Å². The third-order valence-corrected chi connectivity index (χ3v) is 8.61. The molecule has 2 heterocycles. The zero-order valence-electron chi connectivity index (χ0n) is 15.7. The number of nitrogens with zero attached hydrogens (tertiary/aromatic N) is 1. The second-order valence-electron chi connectivity index (χ2n) is 7.96. The molecule has 3 rings (SSSR count). The molecule has 1 aliphatic carbocycles. The highest BCUT2D eigenvalue weighted by molar-refractivity contribution is 7.91. The third-order valence-electron chi connectivity index (χ3n) is 6.00. The fourth-order valence-electron chi connectivity index (χ4n) is 4.40. The second kappa shape index (κ2) is 8.87. The van der Waals surface area contributed by atoms with E-state index in [1.54, 1.807) is 11.3 Å². The molecule has 6 heteroatoms. The van der Waals surface area contributed by atoms with Gasteiger partial charge in [-0.3, -0.25) is 4.79 Å².